The van der Waals surface area contributed by atoms with E-state index in [9.17, 15) is 0 Å². The molecule has 0 amide bonds. The van der Waals surface area contributed by atoms with Crippen molar-refractivity contribution in [2.75, 3.05) is 41.5 Å². The Morgan fingerprint density at radius 2 is 1.93 bits per heavy atom. The first-order valence-electron chi connectivity index (χ1n) is 9.58. The Kier molecular flexibility index (Phi) is 7.11. The van der Waals surface area contributed by atoms with E-state index in [4.69, 9.17) is 23.5 Å². The summed E-state index contributed by atoms with van der Waals surface area (Å²) >= 11 is 0. The Morgan fingerprint density at radius 1 is 1.11 bits per heavy atom. The summed E-state index contributed by atoms with van der Waals surface area (Å²) in [6, 6.07) is 3.63. The van der Waals surface area contributed by atoms with Gasteiger partial charge in [0.2, 0.25) is 17.5 Å². The molecule has 0 radical (unpaired) electrons. The lowest BCUT2D eigenvalue weighted by atomic mass is 10.1. The predicted molar refractivity (Wildman–Crippen MR) is 104 cm³/mol. The SMILES string of the molecule is COc1ccc(-c2noc(CN(C)CC[C@@H]3CCCCO3)n2)c(OC)c1OC. The van der Waals surface area contributed by atoms with E-state index in [1.54, 1.807) is 27.4 Å². The molecule has 3 rings (SSSR count). The topological polar surface area (TPSA) is 79.1 Å². The fraction of sp³-hybridized carbons (Fsp3) is 0.600. The molecular formula is C20H29N3O5. The predicted octanol–water partition coefficient (Wildman–Crippen LogP) is 3.15. The van der Waals surface area contributed by atoms with Crippen LogP contribution in [0.1, 0.15) is 31.6 Å². The van der Waals surface area contributed by atoms with Crippen LogP contribution in [0.2, 0.25) is 0 Å². The highest BCUT2D eigenvalue weighted by Gasteiger charge is 2.21. The molecule has 0 unspecified atom stereocenters. The van der Waals surface area contributed by atoms with Crippen LogP contribution < -0.4 is 14.2 Å². The zero-order chi connectivity index (χ0) is 19.9. The van der Waals surface area contributed by atoms with Gasteiger partial charge in [0.1, 0.15) is 0 Å². The van der Waals surface area contributed by atoms with Crippen LogP contribution in [0.5, 0.6) is 17.2 Å². The van der Waals surface area contributed by atoms with E-state index in [1.165, 1.54) is 12.8 Å². The fourth-order valence-corrected chi connectivity index (χ4v) is 3.42. The summed E-state index contributed by atoms with van der Waals surface area (Å²) in [6.07, 6.45) is 4.97. The smallest absolute Gasteiger partial charge is 0.241 e. The van der Waals surface area contributed by atoms with E-state index in [0.717, 1.165) is 26.0 Å². The lowest BCUT2D eigenvalue weighted by Crippen LogP contribution is -2.26. The Balaban J connectivity index is 1.66. The normalized spacial score (nSPS) is 17.0. The van der Waals surface area contributed by atoms with Crippen molar-refractivity contribution in [1.82, 2.24) is 15.0 Å². The number of methoxy groups -OCH3 is 3. The molecule has 1 aliphatic heterocycles. The van der Waals surface area contributed by atoms with E-state index in [0.29, 0.717) is 47.2 Å². The Hall–Kier alpha value is -2.32. The van der Waals surface area contributed by atoms with Gasteiger partial charge in [-0.1, -0.05) is 5.16 Å². The highest BCUT2D eigenvalue weighted by atomic mass is 16.5. The third-order valence-electron chi connectivity index (χ3n) is 4.93. The van der Waals surface area contributed by atoms with Gasteiger partial charge in [-0.05, 0) is 44.9 Å². The fourth-order valence-electron chi connectivity index (χ4n) is 3.42. The van der Waals surface area contributed by atoms with Crippen LogP contribution in [-0.2, 0) is 11.3 Å². The van der Waals surface area contributed by atoms with Crippen LogP contribution in [0.3, 0.4) is 0 Å². The van der Waals surface area contributed by atoms with Crippen molar-refractivity contribution in [2.45, 2.75) is 38.3 Å². The Labute approximate surface area is 165 Å². The van der Waals surface area contributed by atoms with Crippen LogP contribution in [0.15, 0.2) is 16.7 Å². The average molecular weight is 391 g/mol. The monoisotopic (exact) mass is 391 g/mol. The van der Waals surface area contributed by atoms with E-state index >= 15 is 0 Å². The molecular weight excluding hydrogens is 362 g/mol. The molecule has 2 heterocycles. The summed E-state index contributed by atoms with van der Waals surface area (Å²) in [5, 5.41) is 4.12. The molecule has 28 heavy (non-hydrogen) atoms. The summed E-state index contributed by atoms with van der Waals surface area (Å²) in [6.45, 7) is 2.38. The Morgan fingerprint density at radius 3 is 2.61 bits per heavy atom. The van der Waals surface area contributed by atoms with Crippen molar-refractivity contribution in [3.63, 3.8) is 0 Å². The number of aromatic nitrogens is 2. The largest absolute Gasteiger partial charge is 0.493 e. The molecule has 1 saturated heterocycles. The van der Waals surface area contributed by atoms with Crippen LogP contribution in [0, 0.1) is 0 Å². The van der Waals surface area contributed by atoms with E-state index in [-0.39, 0.29) is 0 Å². The van der Waals surface area contributed by atoms with Crippen LogP contribution >= 0.6 is 0 Å². The highest BCUT2D eigenvalue weighted by Crippen LogP contribution is 2.43. The minimum atomic E-state index is 0.366. The first-order chi connectivity index (χ1) is 13.7. The molecule has 0 saturated carbocycles. The molecule has 1 atom stereocenters. The molecule has 0 aliphatic carbocycles. The van der Waals surface area contributed by atoms with E-state index < -0.39 is 0 Å². The Bertz CT molecular complexity index is 758. The number of nitrogens with zero attached hydrogens (tertiary/aromatic N) is 3. The molecule has 1 aromatic heterocycles. The minimum absolute atomic E-state index is 0.366. The second-order valence-electron chi connectivity index (χ2n) is 6.91. The van der Waals surface area contributed by atoms with Crippen LogP contribution in [0.4, 0.5) is 0 Å². The molecule has 154 valence electrons. The van der Waals surface area contributed by atoms with Crippen molar-refractivity contribution in [1.29, 1.82) is 0 Å². The summed E-state index contributed by atoms with van der Waals surface area (Å²) in [4.78, 5) is 6.70. The van der Waals surface area contributed by atoms with Gasteiger partial charge >= 0.3 is 0 Å². The zero-order valence-corrected chi connectivity index (χ0v) is 17.1. The van der Waals surface area contributed by atoms with Gasteiger partial charge in [-0.3, -0.25) is 4.90 Å². The van der Waals surface area contributed by atoms with Crippen molar-refractivity contribution >= 4 is 0 Å². The maximum Gasteiger partial charge on any atom is 0.241 e. The molecule has 0 bridgehead atoms. The van der Waals surface area contributed by atoms with Crippen molar-refractivity contribution < 1.29 is 23.5 Å². The van der Waals surface area contributed by atoms with Gasteiger partial charge < -0.3 is 23.5 Å². The summed E-state index contributed by atoms with van der Waals surface area (Å²) in [5.41, 5.74) is 0.688. The van der Waals surface area contributed by atoms with Gasteiger partial charge in [0.25, 0.3) is 0 Å². The molecule has 1 aliphatic rings. The van der Waals surface area contributed by atoms with Gasteiger partial charge in [-0.25, -0.2) is 0 Å². The third-order valence-corrected chi connectivity index (χ3v) is 4.93. The molecule has 2 aromatic rings. The second kappa shape index (κ2) is 9.75. The van der Waals surface area contributed by atoms with Crippen LogP contribution in [0.25, 0.3) is 11.4 Å². The minimum Gasteiger partial charge on any atom is -0.493 e. The van der Waals surface area contributed by atoms with Gasteiger partial charge in [0.15, 0.2) is 11.5 Å². The summed E-state index contributed by atoms with van der Waals surface area (Å²) < 4.78 is 27.5. The lowest BCUT2D eigenvalue weighted by Gasteiger charge is -2.24. The molecule has 8 heteroatoms. The quantitative estimate of drug-likeness (QED) is 0.645. The van der Waals surface area contributed by atoms with Crippen molar-refractivity contribution in [2.24, 2.45) is 0 Å². The maximum atomic E-state index is 5.79. The summed E-state index contributed by atoms with van der Waals surface area (Å²) in [5.74, 6) is 2.60. The maximum absolute atomic E-state index is 5.79. The molecule has 1 aromatic carbocycles. The van der Waals surface area contributed by atoms with Gasteiger partial charge in [0, 0.05) is 13.2 Å². The van der Waals surface area contributed by atoms with Gasteiger partial charge in [-0.15, -0.1) is 0 Å². The number of rotatable bonds is 9. The van der Waals surface area contributed by atoms with E-state index in [2.05, 4.69) is 15.0 Å². The number of hydrogen-bond donors (Lipinski definition) is 0. The zero-order valence-electron chi connectivity index (χ0n) is 17.1. The first kappa shape index (κ1) is 20.4. The van der Waals surface area contributed by atoms with Crippen LogP contribution in [-0.4, -0.2) is 62.7 Å². The first-order valence-corrected chi connectivity index (χ1v) is 9.58. The number of hydrogen-bond acceptors (Lipinski definition) is 8. The molecule has 0 N–H and O–H groups in total. The lowest BCUT2D eigenvalue weighted by molar-refractivity contribution is 0.00602. The molecule has 0 spiro atoms. The third kappa shape index (κ3) is 4.74. The highest BCUT2D eigenvalue weighted by molar-refractivity contribution is 5.71. The average Bonchev–Trinajstić information content (AvgIpc) is 3.19. The molecule has 1 fully saturated rings. The number of ether oxygens (including phenoxy) is 4. The van der Waals surface area contributed by atoms with Gasteiger partial charge in [-0.2, -0.15) is 4.98 Å². The molecule has 8 nitrogen and oxygen atoms in total. The van der Waals surface area contributed by atoms with Gasteiger partial charge in [0.05, 0.1) is 39.5 Å². The summed E-state index contributed by atoms with van der Waals surface area (Å²) in [7, 11) is 6.76. The van der Waals surface area contributed by atoms with Crippen molar-refractivity contribution in [3.05, 3.63) is 18.0 Å². The van der Waals surface area contributed by atoms with Crippen molar-refractivity contribution in [3.8, 4) is 28.6 Å². The second-order valence-corrected chi connectivity index (χ2v) is 6.91. The standard InChI is InChI=1S/C20H29N3O5/c1-23(11-10-14-7-5-6-12-27-14)13-17-21-20(22-28-17)15-8-9-16(24-2)19(26-4)18(15)25-3/h8-9,14H,5-7,10-13H2,1-4H3/t14-/m0/s1. The van der Waals surface area contributed by atoms with E-state index in [1.807, 2.05) is 13.1 Å². The number of benzene rings is 1.